The van der Waals surface area contributed by atoms with E-state index in [9.17, 15) is 14.3 Å². The van der Waals surface area contributed by atoms with Gasteiger partial charge in [0.15, 0.2) is 0 Å². The van der Waals surface area contributed by atoms with Gasteiger partial charge in [0.05, 0.1) is 35.8 Å². The van der Waals surface area contributed by atoms with Crippen LogP contribution in [0.3, 0.4) is 0 Å². The van der Waals surface area contributed by atoms with Crippen LogP contribution in [0.15, 0.2) is 54.6 Å². The minimum Gasteiger partial charge on any atom is -0.478 e. The molecule has 3 aliphatic rings. The minimum atomic E-state index is -0.945. The second-order valence-electron chi connectivity index (χ2n) is 11.3. The first kappa shape index (κ1) is 27.1. The van der Waals surface area contributed by atoms with Crippen molar-refractivity contribution in [2.24, 2.45) is 0 Å². The van der Waals surface area contributed by atoms with Crippen molar-refractivity contribution in [1.82, 2.24) is 19.4 Å². The lowest BCUT2D eigenvalue weighted by molar-refractivity contribution is -0.0592. The third kappa shape index (κ3) is 5.30. The number of carbonyl (C=O) groups is 1. The van der Waals surface area contributed by atoms with Gasteiger partial charge in [-0.05, 0) is 55.7 Å². The van der Waals surface area contributed by atoms with E-state index in [-0.39, 0.29) is 18.3 Å². The van der Waals surface area contributed by atoms with Crippen molar-refractivity contribution in [2.75, 3.05) is 24.6 Å². The molecule has 2 aromatic heterocycles. The highest BCUT2D eigenvalue weighted by Gasteiger charge is 2.41. The maximum absolute atomic E-state index is 14.2. The van der Waals surface area contributed by atoms with Crippen LogP contribution in [0.1, 0.15) is 41.0 Å². The minimum absolute atomic E-state index is 0.0704. The molecule has 3 aliphatic heterocycles. The van der Waals surface area contributed by atoms with Gasteiger partial charge in [-0.1, -0.05) is 23.7 Å². The standard InChI is InChI=1S/C31H31ClFN5O4/c32-21-6-4-20(25(33)13-21)18-42-30-3-1-2-28(35-30)38-22-7-8-23(38)15-36(14-22)17-29-34-26-9-5-19(31(39)40)12-27(26)37(29)16-24-10-11-41-24/h1-6,9,12-13,22-24H,7-8,10-11,14-18H2,(H,39,40). The quantitative estimate of drug-likeness (QED) is 0.286. The normalized spacial score (nSPS) is 22.0. The Morgan fingerprint density at radius 3 is 2.60 bits per heavy atom. The molecule has 1 N–H and O–H groups in total. The lowest BCUT2D eigenvalue weighted by Gasteiger charge is -2.41. The summed E-state index contributed by atoms with van der Waals surface area (Å²) in [6.07, 6.45) is 3.25. The lowest BCUT2D eigenvalue weighted by Crippen LogP contribution is -2.54. The number of aromatic carboxylic acids is 1. The van der Waals surface area contributed by atoms with Gasteiger partial charge >= 0.3 is 5.97 Å². The number of benzene rings is 2. The number of carboxylic acid groups (broad SMARTS) is 1. The molecule has 0 amide bonds. The number of nitrogens with zero attached hydrogens (tertiary/aromatic N) is 5. The molecular weight excluding hydrogens is 561 g/mol. The van der Waals surface area contributed by atoms with E-state index in [2.05, 4.69) is 14.4 Å². The predicted molar refractivity (Wildman–Crippen MR) is 156 cm³/mol. The van der Waals surface area contributed by atoms with Gasteiger partial charge in [-0.25, -0.2) is 14.2 Å². The first-order valence-corrected chi connectivity index (χ1v) is 14.7. The third-order valence-electron chi connectivity index (χ3n) is 8.54. The molecule has 7 rings (SSSR count). The number of hydrogen-bond donors (Lipinski definition) is 1. The molecular formula is C31H31ClFN5O4. The molecule has 3 fully saturated rings. The maximum atomic E-state index is 14.2. The maximum Gasteiger partial charge on any atom is 0.335 e. The molecule has 3 atom stereocenters. The van der Waals surface area contributed by atoms with Crippen LogP contribution in [0.5, 0.6) is 5.88 Å². The number of imidazole rings is 1. The van der Waals surface area contributed by atoms with Crippen molar-refractivity contribution in [1.29, 1.82) is 0 Å². The topological polar surface area (TPSA) is 93.0 Å². The Hall–Kier alpha value is -3.73. The van der Waals surface area contributed by atoms with Crippen LogP contribution in [0.2, 0.25) is 5.02 Å². The summed E-state index contributed by atoms with van der Waals surface area (Å²) in [6, 6.07) is 16.0. The highest BCUT2D eigenvalue weighted by atomic mass is 35.5. The Labute approximate surface area is 247 Å². The van der Waals surface area contributed by atoms with Gasteiger partial charge in [-0.2, -0.15) is 4.98 Å². The summed E-state index contributed by atoms with van der Waals surface area (Å²) in [7, 11) is 0. The van der Waals surface area contributed by atoms with Crippen LogP contribution in [0, 0.1) is 5.82 Å². The largest absolute Gasteiger partial charge is 0.478 e. The zero-order chi connectivity index (χ0) is 28.8. The summed E-state index contributed by atoms with van der Waals surface area (Å²) < 4.78 is 27.9. The fraction of sp³-hybridized carbons (Fsp3) is 0.387. The van der Waals surface area contributed by atoms with E-state index in [1.807, 2.05) is 12.1 Å². The molecule has 11 heteroatoms. The highest BCUT2D eigenvalue weighted by Crippen LogP contribution is 2.35. The van der Waals surface area contributed by atoms with Gasteiger partial charge < -0.3 is 24.0 Å². The molecule has 5 heterocycles. The number of pyridine rings is 1. The zero-order valence-electron chi connectivity index (χ0n) is 23.0. The fourth-order valence-electron chi connectivity index (χ4n) is 6.37. The summed E-state index contributed by atoms with van der Waals surface area (Å²) in [4.78, 5) is 26.2. The van der Waals surface area contributed by atoms with E-state index < -0.39 is 11.8 Å². The molecule has 218 valence electrons. The Kier molecular flexibility index (Phi) is 7.21. The van der Waals surface area contributed by atoms with E-state index in [1.54, 1.807) is 36.4 Å². The van der Waals surface area contributed by atoms with Crippen molar-refractivity contribution in [3.8, 4) is 5.88 Å². The Bertz CT molecular complexity index is 1630. The van der Waals surface area contributed by atoms with Crippen LogP contribution in [-0.2, 0) is 24.4 Å². The lowest BCUT2D eigenvalue weighted by atomic mass is 10.1. The number of fused-ring (bicyclic) bond motifs is 3. The van der Waals surface area contributed by atoms with Crippen molar-refractivity contribution in [3.05, 3.63) is 82.4 Å². The Morgan fingerprint density at radius 1 is 1.07 bits per heavy atom. The van der Waals surface area contributed by atoms with Gasteiger partial charge in [0.25, 0.3) is 0 Å². The van der Waals surface area contributed by atoms with Crippen LogP contribution in [-0.4, -0.2) is 68.4 Å². The van der Waals surface area contributed by atoms with Crippen molar-refractivity contribution in [2.45, 2.75) is 57.1 Å². The van der Waals surface area contributed by atoms with Crippen LogP contribution in [0.4, 0.5) is 10.2 Å². The van der Waals surface area contributed by atoms with E-state index in [1.165, 1.54) is 6.07 Å². The summed E-state index contributed by atoms with van der Waals surface area (Å²) in [5.74, 6) is 0.907. The number of halogens is 2. The second kappa shape index (κ2) is 11.2. The number of carboxylic acids is 1. The van der Waals surface area contributed by atoms with Crippen molar-refractivity contribution in [3.63, 3.8) is 0 Å². The van der Waals surface area contributed by atoms with Gasteiger partial charge in [0.2, 0.25) is 5.88 Å². The number of ether oxygens (including phenoxy) is 2. The van der Waals surface area contributed by atoms with E-state index in [0.29, 0.717) is 41.6 Å². The summed E-state index contributed by atoms with van der Waals surface area (Å²) in [6.45, 7) is 3.90. The van der Waals surface area contributed by atoms with Crippen LogP contribution in [0.25, 0.3) is 11.0 Å². The SMILES string of the molecule is O=C(O)c1ccc2nc(CN3CC4CCC(C3)N4c3cccc(OCc4ccc(Cl)cc4F)n3)n(CC3CCO3)c2c1. The fourth-order valence-corrected chi connectivity index (χ4v) is 6.53. The first-order chi connectivity index (χ1) is 20.4. The highest BCUT2D eigenvalue weighted by molar-refractivity contribution is 6.30. The molecule has 2 bridgehead atoms. The molecule has 42 heavy (non-hydrogen) atoms. The molecule has 4 aromatic rings. The molecule has 0 spiro atoms. The predicted octanol–water partition coefficient (Wildman–Crippen LogP) is 5.14. The third-order valence-corrected chi connectivity index (χ3v) is 8.78. The number of anilines is 1. The molecule has 9 nitrogen and oxygen atoms in total. The van der Waals surface area contributed by atoms with Crippen molar-refractivity contribution >= 4 is 34.4 Å². The van der Waals surface area contributed by atoms with Crippen LogP contribution < -0.4 is 9.64 Å². The number of hydrogen-bond acceptors (Lipinski definition) is 7. The van der Waals surface area contributed by atoms with E-state index in [4.69, 9.17) is 31.0 Å². The molecule has 3 saturated heterocycles. The number of piperazine rings is 1. The number of aromatic nitrogens is 3. The van der Waals surface area contributed by atoms with Crippen LogP contribution >= 0.6 is 11.6 Å². The Balaban J connectivity index is 1.07. The summed E-state index contributed by atoms with van der Waals surface area (Å²) in [5, 5.41) is 9.90. The average molecular weight is 592 g/mol. The number of likely N-dealkylation sites (tertiary alicyclic amines) is 1. The molecule has 2 aromatic carbocycles. The smallest absolute Gasteiger partial charge is 0.335 e. The van der Waals surface area contributed by atoms with Crippen molar-refractivity contribution < 1.29 is 23.8 Å². The first-order valence-electron chi connectivity index (χ1n) is 14.3. The summed E-state index contributed by atoms with van der Waals surface area (Å²) in [5.41, 5.74) is 2.32. The molecule has 0 saturated carbocycles. The second-order valence-corrected chi connectivity index (χ2v) is 11.7. The van der Waals surface area contributed by atoms with Gasteiger partial charge in [0.1, 0.15) is 24.1 Å². The van der Waals surface area contributed by atoms with E-state index in [0.717, 1.165) is 61.6 Å². The van der Waals surface area contributed by atoms with Gasteiger partial charge in [-0.15, -0.1) is 0 Å². The van der Waals surface area contributed by atoms with E-state index >= 15 is 0 Å². The number of rotatable bonds is 9. The average Bonchev–Trinajstić information content (AvgIpc) is 3.42. The Morgan fingerprint density at radius 2 is 1.88 bits per heavy atom. The summed E-state index contributed by atoms with van der Waals surface area (Å²) >= 11 is 5.87. The molecule has 0 radical (unpaired) electrons. The molecule has 3 unspecified atom stereocenters. The monoisotopic (exact) mass is 591 g/mol. The van der Waals surface area contributed by atoms with Gasteiger partial charge in [-0.3, -0.25) is 4.90 Å². The van der Waals surface area contributed by atoms with Gasteiger partial charge in [0, 0.05) is 48.4 Å². The molecule has 0 aliphatic carbocycles. The zero-order valence-corrected chi connectivity index (χ0v) is 23.7.